The average molecular weight is 254 g/mol. The van der Waals surface area contributed by atoms with Gasteiger partial charge >= 0.3 is 0 Å². The van der Waals surface area contributed by atoms with E-state index in [1.165, 1.54) is 12.8 Å². The Morgan fingerprint density at radius 1 is 1.18 bits per heavy atom. The summed E-state index contributed by atoms with van der Waals surface area (Å²) in [5.74, 6) is 1.48. The number of halogens is 1. The second kappa shape index (κ2) is 4.75. The molecule has 1 N–H and O–H groups in total. The summed E-state index contributed by atoms with van der Waals surface area (Å²) in [5.41, 5.74) is 1.13. The van der Waals surface area contributed by atoms with Crippen molar-refractivity contribution < 1.29 is 9.47 Å². The van der Waals surface area contributed by atoms with E-state index in [0.717, 1.165) is 24.3 Å². The maximum absolute atomic E-state index is 6.42. The summed E-state index contributed by atoms with van der Waals surface area (Å²) < 4.78 is 11.1. The van der Waals surface area contributed by atoms with Gasteiger partial charge in [-0.1, -0.05) is 24.1 Å². The van der Waals surface area contributed by atoms with Gasteiger partial charge in [0.05, 0.1) is 5.02 Å². The molecule has 1 aromatic carbocycles. The Hall–Kier alpha value is -0.930. The molecule has 2 heterocycles. The lowest BCUT2D eigenvalue weighted by Gasteiger charge is -2.27. The summed E-state index contributed by atoms with van der Waals surface area (Å²) in [7, 11) is 0. The van der Waals surface area contributed by atoms with E-state index < -0.39 is 0 Å². The molecule has 0 amide bonds. The number of ether oxygens (including phenoxy) is 2. The Kier molecular flexibility index (Phi) is 3.12. The summed E-state index contributed by atoms with van der Waals surface area (Å²) in [6.45, 7) is 2.24. The molecule has 3 nitrogen and oxygen atoms in total. The quantitative estimate of drug-likeness (QED) is 0.835. The van der Waals surface area contributed by atoms with Gasteiger partial charge in [0.2, 0.25) is 0 Å². The molecule has 92 valence electrons. The van der Waals surface area contributed by atoms with Crippen molar-refractivity contribution in [1.82, 2.24) is 5.32 Å². The van der Waals surface area contributed by atoms with E-state index in [1.54, 1.807) is 0 Å². The first kappa shape index (κ1) is 11.2. The Bertz CT molecular complexity index is 416. The second-order valence-corrected chi connectivity index (χ2v) is 4.87. The third-order valence-electron chi connectivity index (χ3n) is 3.36. The van der Waals surface area contributed by atoms with Crippen LogP contribution in [-0.4, -0.2) is 19.8 Å². The highest BCUT2D eigenvalue weighted by atomic mass is 35.5. The predicted molar refractivity (Wildman–Crippen MR) is 67.0 cm³/mol. The number of hydrogen-bond donors (Lipinski definition) is 1. The monoisotopic (exact) mass is 253 g/mol. The number of rotatable bonds is 1. The highest BCUT2D eigenvalue weighted by Crippen LogP contribution is 2.42. The number of nitrogens with one attached hydrogen (secondary N) is 1. The van der Waals surface area contributed by atoms with Crippen molar-refractivity contribution in [2.24, 2.45) is 0 Å². The first-order chi connectivity index (χ1) is 8.36. The van der Waals surface area contributed by atoms with Crippen molar-refractivity contribution in [3.8, 4) is 11.5 Å². The lowest BCUT2D eigenvalue weighted by molar-refractivity contribution is 0.171. The minimum absolute atomic E-state index is 0.354. The third-order valence-corrected chi connectivity index (χ3v) is 3.75. The topological polar surface area (TPSA) is 30.5 Å². The highest BCUT2D eigenvalue weighted by molar-refractivity contribution is 6.33. The molecule has 0 radical (unpaired) electrons. The summed E-state index contributed by atoms with van der Waals surface area (Å²) in [5, 5.41) is 4.21. The van der Waals surface area contributed by atoms with Crippen LogP contribution in [0.15, 0.2) is 12.1 Å². The van der Waals surface area contributed by atoms with Crippen LogP contribution in [0.5, 0.6) is 11.5 Å². The van der Waals surface area contributed by atoms with Crippen molar-refractivity contribution >= 4 is 11.6 Å². The standard InChI is InChI=1S/C13H16ClNO2/c14-12-9(10-3-1-2-6-15-10)4-5-11-13(12)17-8-7-16-11/h4-5,10,15H,1-3,6-8H2. The van der Waals surface area contributed by atoms with Gasteiger partial charge in [-0.2, -0.15) is 0 Å². The van der Waals surface area contributed by atoms with Gasteiger partial charge in [0.15, 0.2) is 11.5 Å². The molecular weight excluding hydrogens is 238 g/mol. The number of piperidine rings is 1. The van der Waals surface area contributed by atoms with Gasteiger partial charge in [-0.3, -0.25) is 0 Å². The smallest absolute Gasteiger partial charge is 0.180 e. The second-order valence-electron chi connectivity index (χ2n) is 4.50. The maximum Gasteiger partial charge on any atom is 0.180 e. The zero-order valence-corrected chi connectivity index (χ0v) is 10.4. The fourth-order valence-corrected chi connectivity index (χ4v) is 2.83. The first-order valence-corrected chi connectivity index (χ1v) is 6.55. The molecule has 0 bridgehead atoms. The van der Waals surface area contributed by atoms with Gasteiger partial charge in [0.25, 0.3) is 0 Å². The largest absolute Gasteiger partial charge is 0.486 e. The van der Waals surface area contributed by atoms with E-state index >= 15 is 0 Å². The summed E-state index contributed by atoms with van der Waals surface area (Å²) in [6, 6.07) is 4.37. The molecule has 1 aromatic rings. The summed E-state index contributed by atoms with van der Waals surface area (Å²) in [4.78, 5) is 0. The number of hydrogen-bond acceptors (Lipinski definition) is 3. The minimum Gasteiger partial charge on any atom is -0.486 e. The van der Waals surface area contributed by atoms with Gasteiger partial charge in [0.1, 0.15) is 13.2 Å². The van der Waals surface area contributed by atoms with Crippen LogP contribution in [0.2, 0.25) is 5.02 Å². The Labute approximate surface area is 106 Å². The predicted octanol–water partition coefficient (Wildman–Crippen LogP) is 2.93. The highest BCUT2D eigenvalue weighted by Gasteiger charge is 2.23. The molecule has 0 aromatic heterocycles. The van der Waals surface area contributed by atoms with E-state index in [1.807, 2.05) is 6.07 Å². The van der Waals surface area contributed by atoms with E-state index in [9.17, 15) is 0 Å². The van der Waals surface area contributed by atoms with E-state index in [2.05, 4.69) is 11.4 Å². The van der Waals surface area contributed by atoms with E-state index in [-0.39, 0.29) is 0 Å². The molecule has 2 aliphatic heterocycles. The van der Waals surface area contributed by atoms with Crippen LogP contribution in [-0.2, 0) is 0 Å². The zero-order chi connectivity index (χ0) is 11.7. The van der Waals surface area contributed by atoms with E-state index in [0.29, 0.717) is 30.0 Å². The molecule has 0 saturated carbocycles. The van der Waals surface area contributed by atoms with Crippen molar-refractivity contribution in [1.29, 1.82) is 0 Å². The number of fused-ring (bicyclic) bond motifs is 1. The van der Waals surface area contributed by atoms with Crippen LogP contribution in [0.1, 0.15) is 30.9 Å². The fraction of sp³-hybridized carbons (Fsp3) is 0.538. The maximum atomic E-state index is 6.42. The molecule has 1 fully saturated rings. The molecule has 0 spiro atoms. The normalized spacial score (nSPS) is 23.5. The van der Waals surface area contributed by atoms with Crippen molar-refractivity contribution in [2.45, 2.75) is 25.3 Å². The molecule has 17 heavy (non-hydrogen) atoms. The van der Waals surface area contributed by atoms with Crippen molar-refractivity contribution in [2.75, 3.05) is 19.8 Å². The summed E-state index contributed by atoms with van der Waals surface area (Å²) in [6.07, 6.45) is 3.64. The van der Waals surface area contributed by atoms with Crippen LogP contribution in [0.25, 0.3) is 0 Å². The lowest BCUT2D eigenvalue weighted by Crippen LogP contribution is -2.27. The van der Waals surface area contributed by atoms with Crippen LogP contribution in [0.3, 0.4) is 0 Å². The van der Waals surface area contributed by atoms with Crippen LogP contribution in [0.4, 0.5) is 0 Å². The van der Waals surface area contributed by atoms with Crippen LogP contribution in [0, 0.1) is 0 Å². The number of benzene rings is 1. The first-order valence-electron chi connectivity index (χ1n) is 6.17. The van der Waals surface area contributed by atoms with Gasteiger partial charge in [0, 0.05) is 6.04 Å². The molecule has 1 atom stereocenters. The molecule has 2 aliphatic rings. The molecular formula is C13H16ClNO2. The summed E-state index contributed by atoms with van der Waals surface area (Å²) >= 11 is 6.42. The van der Waals surface area contributed by atoms with Crippen LogP contribution < -0.4 is 14.8 Å². The van der Waals surface area contributed by atoms with Crippen molar-refractivity contribution in [3.05, 3.63) is 22.7 Å². The van der Waals surface area contributed by atoms with Crippen molar-refractivity contribution in [3.63, 3.8) is 0 Å². The Balaban J connectivity index is 1.94. The third kappa shape index (κ3) is 2.09. The van der Waals surface area contributed by atoms with Gasteiger partial charge in [-0.05, 0) is 31.0 Å². The van der Waals surface area contributed by atoms with Gasteiger partial charge in [-0.25, -0.2) is 0 Å². The lowest BCUT2D eigenvalue weighted by atomic mass is 9.97. The molecule has 0 aliphatic carbocycles. The van der Waals surface area contributed by atoms with E-state index in [4.69, 9.17) is 21.1 Å². The van der Waals surface area contributed by atoms with Gasteiger partial charge < -0.3 is 14.8 Å². The van der Waals surface area contributed by atoms with Gasteiger partial charge in [-0.15, -0.1) is 0 Å². The van der Waals surface area contributed by atoms with Crippen LogP contribution >= 0.6 is 11.6 Å². The fourth-order valence-electron chi connectivity index (χ4n) is 2.48. The SMILES string of the molecule is Clc1c(C2CCCCN2)ccc2c1OCCO2. The molecule has 1 saturated heterocycles. The molecule has 3 rings (SSSR count). The minimum atomic E-state index is 0.354. The average Bonchev–Trinajstić information content (AvgIpc) is 2.40. The Morgan fingerprint density at radius 2 is 2.06 bits per heavy atom. The Morgan fingerprint density at radius 3 is 2.88 bits per heavy atom. The molecule has 1 unspecified atom stereocenters. The zero-order valence-electron chi connectivity index (χ0n) is 9.67. The molecule has 4 heteroatoms.